The van der Waals surface area contributed by atoms with E-state index in [4.69, 9.17) is 18.9 Å². The molecule has 6 heteroatoms. The first kappa shape index (κ1) is 13.8. The van der Waals surface area contributed by atoms with E-state index in [9.17, 15) is 4.79 Å². The topological polar surface area (TPSA) is 66.0 Å². The lowest BCUT2D eigenvalue weighted by Gasteiger charge is -2.07. The molecule has 4 rings (SSSR count). The van der Waals surface area contributed by atoms with Gasteiger partial charge in [0.15, 0.2) is 23.0 Å². The molecule has 0 aliphatic carbocycles. The lowest BCUT2D eigenvalue weighted by molar-refractivity contribution is 0.0953. The Morgan fingerprint density at radius 3 is 2.35 bits per heavy atom. The predicted molar refractivity (Wildman–Crippen MR) is 83.3 cm³/mol. The molecule has 0 radical (unpaired) electrons. The van der Waals surface area contributed by atoms with Crippen molar-refractivity contribution in [2.45, 2.75) is 6.42 Å². The van der Waals surface area contributed by atoms with E-state index in [0.717, 1.165) is 17.1 Å². The van der Waals surface area contributed by atoms with Crippen LogP contribution in [0.5, 0.6) is 23.0 Å². The highest BCUT2D eigenvalue weighted by molar-refractivity contribution is 5.94. The van der Waals surface area contributed by atoms with Gasteiger partial charge in [-0.3, -0.25) is 4.79 Å². The van der Waals surface area contributed by atoms with E-state index in [1.165, 1.54) is 0 Å². The summed E-state index contributed by atoms with van der Waals surface area (Å²) in [6, 6.07) is 11.0. The summed E-state index contributed by atoms with van der Waals surface area (Å²) >= 11 is 0. The van der Waals surface area contributed by atoms with Crippen molar-refractivity contribution in [2.75, 3.05) is 20.1 Å². The van der Waals surface area contributed by atoms with E-state index in [2.05, 4.69) is 5.32 Å². The van der Waals surface area contributed by atoms with Gasteiger partial charge in [0.2, 0.25) is 13.6 Å². The molecule has 2 heterocycles. The van der Waals surface area contributed by atoms with Crippen LogP contribution in [0.1, 0.15) is 17.3 Å². The molecule has 1 N–H and O–H groups in total. The molecule has 120 valence electrons. The highest BCUT2D eigenvalue weighted by Gasteiger charge is 2.16. The molecule has 2 aliphatic heterocycles. The Hall–Kier alpha value is -2.89. The second kappa shape index (κ2) is 5.72. The minimum Gasteiger partial charge on any atom is -0.454 e. The highest BCUT2D eigenvalue weighted by Crippen LogP contribution is 2.33. The number of benzene rings is 2. The monoisotopic (exact) mass is 315 g/mol. The van der Waals surface area contributed by atoms with Gasteiger partial charge in [-0.15, -0.1) is 0 Å². The van der Waals surface area contributed by atoms with Crippen molar-refractivity contribution in [3.8, 4) is 23.0 Å². The fraction of sp³-hybridized carbons (Fsp3) is 0.235. The summed E-state index contributed by atoms with van der Waals surface area (Å²) in [7, 11) is 0. The minimum absolute atomic E-state index is 0. The third-order valence-corrected chi connectivity index (χ3v) is 3.77. The summed E-state index contributed by atoms with van der Waals surface area (Å²) in [5, 5.41) is 2.90. The Balaban J connectivity index is 0.00000169. The van der Waals surface area contributed by atoms with Crippen LogP contribution in [0.15, 0.2) is 36.4 Å². The van der Waals surface area contributed by atoms with Crippen LogP contribution in [-0.2, 0) is 6.42 Å². The Kier molecular flexibility index (Phi) is 3.42. The third kappa shape index (κ3) is 2.75. The molecule has 0 fully saturated rings. The summed E-state index contributed by atoms with van der Waals surface area (Å²) < 4.78 is 21.1. The van der Waals surface area contributed by atoms with Gasteiger partial charge in [0, 0.05) is 13.5 Å². The maximum Gasteiger partial charge on any atom is 0.251 e. The van der Waals surface area contributed by atoms with Gasteiger partial charge < -0.3 is 24.3 Å². The summed E-state index contributed by atoms with van der Waals surface area (Å²) in [5.41, 5.74) is 1.64. The maximum absolute atomic E-state index is 12.2. The van der Waals surface area contributed by atoms with Crippen molar-refractivity contribution in [3.63, 3.8) is 0 Å². The van der Waals surface area contributed by atoms with Crippen LogP contribution in [0, 0.1) is 0 Å². The summed E-state index contributed by atoms with van der Waals surface area (Å²) in [6.07, 6.45) is 0.715. The van der Waals surface area contributed by atoms with E-state index in [0.29, 0.717) is 30.0 Å². The zero-order valence-corrected chi connectivity index (χ0v) is 12.3. The minimum atomic E-state index is -0.135. The van der Waals surface area contributed by atoms with E-state index >= 15 is 0 Å². The number of carbonyl (C=O) groups is 1. The van der Waals surface area contributed by atoms with Crippen LogP contribution < -0.4 is 24.3 Å². The van der Waals surface area contributed by atoms with Gasteiger partial charge in [-0.1, -0.05) is 6.07 Å². The highest BCUT2D eigenvalue weighted by atomic mass is 16.7. The summed E-state index contributed by atoms with van der Waals surface area (Å²) in [4.78, 5) is 12.2. The quantitative estimate of drug-likeness (QED) is 0.938. The van der Waals surface area contributed by atoms with Gasteiger partial charge in [0.05, 0.1) is 0 Å². The van der Waals surface area contributed by atoms with Crippen LogP contribution in [0.3, 0.4) is 0 Å². The molecule has 2 aliphatic rings. The Labute approximate surface area is 134 Å². The van der Waals surface area contributed by atoms with Crippen molar-refractivity contribution in [2.24, 2.45) is 0 Å². The number of hydrogen-bond donors (Lipinski definition) is 1. The summed E-state index contributed by atoms with van der Waals surface area (Å²) in [6.45, 7) is 0.997. The number of hydrogen-bond acceptors (Lipinski definition) is 5. The number of rotatable bonds is 4. The summed E-state index contributed by atoms with van der Waals surface area (Å²) in [5.74, 6) is 2.65. The molecule has 0 unspecified atom stereocenters. The Morgan fingerprint density at radius 2 is 1.57 bits per heavy atom. The molecule has 6 nitrogen and oxygen atoms in total. The van der Waals surface area contributed by atoms with Crippen molar-refractivity contribution < 1.29 is 25.2 Å². The molecule has 0 spiro atoms. The van der Waals surface area contributed by atoms with Gasteiger partial charge in [-0.05, 0) is 42.3 Å². The molecule has 1 amide bonds. The average Bonchev–Trinajstić information content (AvgIpc) is 3.22. The third-order valence-electron chi connectivity index (χ3n) is 3.77. The zero-order chi connectivity index (χ0) is 15.6. The van der Waals surface area contributed by atoms with Crippen molar-refractivity contribution in [1.82, 2.24) is 5.32 Å². The molecule has 0 saturated heterocycles. The second-order valence-corrected chi connectivity index (χ2v) is 5.26. The van der Waals surface area contributed by atoms with E-state index in [1.54, 1.807) is 18.2 Å². The van der Waals surface area contributed by atoms with E-state index < -0.39 is 0 Å². The first-order valence-corrected chi connectivity index (χ1v) is 7.36. The average molecular weight is 315 g/mol. The largest absolute Gasteiger partial charge is 0.454 e. The fourth-order valence-electron chi connectivity index (χ4n) is 2.56. The Morgan fingerprint density at radius 1 is 0.913 bits per heavy atom. The van der Waals surface area contributed by atoms with Gasteiger partial charge in [-0.2, -0.15) is 0 Å². The molecule has 2 aromatic rings. The van der Waals surface area contributed by atoms with Crippen LogP contribution in [0.4, 0.5) is 0 Å². The SMILES string of the molecule is O=C(NCCc1ccc2c(c1)OCO2)c1ccc2c(c1)OCO2.[HH]. The van der Waals surface area contributed by atoms with Crippen molar-refractivity contribution >= 4 is 5.91 Å². The number of fused-ring (bicyclic) bond motifs is 2. The molecular weight excluding hydrogens is 298 g/mol. The lowest BCUT2D eigenvalue weighted by Crippen LogP contribution is -2.25. The second-order valence-electron chi connectivity index (χ2n) is 5.26. The molecular formula is C17H17NO5. The van der Waals surface area contributed by atoms with E-state index in [-0.39, 0.29) is 20.9 Å². The molecule has 23 heavy (non-hydrogen) atoms. The van der Waals surface area contributed by atoms with E-state index in [1.807, 2.05) is 18.2 Å². The van der Waals surface area contributed by atoms with Crippen LogP contribution in [0.25, 0.3) is 0 Å². The molecule has 0 saturated carbocycles. The molecule has 0 atom stereocenters. The van der Waals surface area contributed by atoms with Crippen LogP contribution in [0.2, 0.25) is 0 Å². The molecule has 0 bridgehead atoms. The van der Waals surface area contributed by atoms with Crippen LogP contribution in [-0.4, -0.2) is 26.0 Å². The molecule has 2 aromatic carbocycles. The normalized spacial score (nSPS) is 13.9. The lowest BCUT2D eigenvalue weighted by atomic mass is 10.1. The van der Waals surface area contributed by atoms with Crippen molar-refractivity contribution in [3.05, 3.63) is 47.5 Å². The molecule has 0 aromatic heterocycles. The fourth-order valence-corrected chi connectivity index (χ4v) is 2.56. The van der Waals surface area contributed by atoms with Gasteiger partial charge in [-0.25, -0.2) is 0 Å². The smallest absolute Gasteiger partial charge is 0.251 e. The number of carbonyl (C=O) groups excluding carboxylic acids is 1. The zero-order valence-electron chi connectivity index (χ0n) is 12.3. The van der Waals surface area contributed by atoms with Gasteiger partial charge in [0.1, 0.15) is 0 Å². The van der Waals surface area contributed by atoms with Gasteiger partial charge >= 0.3 is 0 Å². The standard InChI is InChI=1S/C17H15NO5.H2/c19-17(12-2-4-14-16(8-12)23-10-21-14)18-6-5-11-1-3-13-15(7-11)22-9-20-13;/h1-4,7-8H,5-6,9-10H2,(H,18,19);1H. The number of ether oxygens (including phenoxy) is 4. The van der Waals surface area contributed by atoms with Gasteiger partial charge in [0.25, 0.3) is 5.91 Å². The first-order valence-electron chi connectivity index (χ1n) is 7.36. The Bertz CT molecular complexity index is 765. The number of nitrogens with one attached hydrogen (secondary N) is 1. The predicted octanol–water partition coefficient (Wildman–Crippen LogP) is 2.36. The first-order chi connectivity index (χ1) is 11.3. The van der Waals surface area contributed by atoms with Crippen LogP contribution >= 0.6 is 0 Å². The number of amides is 1. The van der Waals surface area contributed by atoms with Crippen molar-refractivity contribution in [1.29, 1.82) is 0 Å². The maximum atomic E-state index is 12.2.